The van der Waals surface area contributed by atoms with E-state index in [1.54, 1.807) is 50.6 Å². The molecule has 4 N–H and O–H groups in total. The van der Waals surface area contributed by atoms with Crippen molar-refractivity contribution < 1.29 is 28.7 Å². The number of benzene rings is 2. The van der Waals surface area contributed by atoms with E-state index in [1.165, 1.54) is 0 Å². The molecule has 2 aromatic rings. The Labute approximate surface area is 243 Å². The van der Waals surface area contributed by atoms with E-state index in [0.29, 0.717) is 35.5 Å². The summed E-state index contributed by atoms with van der Waals surface area (Å²) in [5.74, 6) is 0.0157. The molecule has 0 saturated carbocycles. The molecule has 0 heterocycles. The van der Waals surface area contributed by atoms with Gasteiger partial charge in [0.05, 0.1) is 21.4 Å². The largest absolute Gasteiger partial charge is 0.496 e. The predicted octanol–water partition coefficient (Wildman–Crippen LogP) is 3.87. The fourth-order valence-electron chi connectivity index (χ4n) is 3.24. The average molecular weight is 736 g/mol. The van der Waals surface area contributed by atoms with Crippen LogP contribution in [0.4, 0.5) is 0 Å². The van der Waals surface area contributed by atoms with Crippen LogP contribution in [0.3, 0.4) is 0 Å². The highest BCUT2D eigenvalue weighted by Gasteiger charge is 2.11. The Hall–Kier alpha value is -2.62. The van der Waals surface area contributed by atoms with Gasteiger partial charge in [-0.05, 0) is 94.4 Å². The summed E-state index contributed by atoms with van der Waals surface area (Å²) in [5.41, 5.74) is 10.5. The average Bonchev–Trinajstić information content (AvgIpc) is 2.89. The van der Waals surface area contributed by atoms with Gasteiger partial charge in [-0.15, -0.1) is 0 Å². The molecule has 200 valence electrons. The fourth-order valence-corrected chi connectivity index (χ4v) is 4.71. The highest BCUT2D eigenvalue weighted by Crippen LogP contribution is 2.22. The van der Waals surface area contributed by atoms with Gasteiger partial charge < -0.3 is 9.47 Å². The zero-order valence-corrected chi connectivity index (χ0v) is 24.9. The van der Waals surface area contributed by atoms with E-state index >= 15 is 0 Å². The van der Waals surface area contributed by atoms with E-state index in [2.05, 4.69) is 66.9 Å². The number of carbonyl (C=O) groups excluding carboxylic acids is 4. The summed E-state index contributed by atoms with van der Waals surface area (Å²) < 4.78 is 11.9. The number of ether oxygens (including phenoxy) is 2. The molecule has 10 nitrogen and oxygen atoms in total. The Morgan fingerprint density at radius 1 is 0.622 bits per heavy atom. The van der Waals surface area contributed by atoms with Crippen LogP contribution in [0.2, 0.25) is 0 Å². The Morgan fingerprint density at radius 2 is 1.00 bits per heavy atom. The minimum Gasteiger partial charge on any atom is -0.496 e. The second-order valence-corrected chi connectivity index (χ2v) is 10.3. The van der Waals surface area contributed by atoms with Crippen LogP contribution in [-0.4, -0.2) is 37.8 Å². The topological polar surface area (TPSA) is 135 Å². The number of hydrogen-bond donors (Lipinski definition) is 4. The molecular formula is C25H30I2N4O6. The summed E-state index contributed by atoms with van der Waals surface area (Å²) in [7, 11) is 3.11. The first kappa shape index (κ1) is 30.6. The van der Waals surface area contributed by atoms with Crippen molar-refractivity contribution in [1.82, 2.24) is 21.7 Å². The first-order chi connectivity index (χ1) is 17.7. The van der Waals surface area contributed by atoms with Gasteiger partial charge in [0, 0.05) is 24.0 Å². The summed E-state index contributed by atoms with van der Waals surface area (Å²) in [6, 6.07) is 9.99. The van der Waals surface area contributed by atoms with Crippen LogP contribution in [0.1, 0.15) is 65.7 Å². The lowest BCUT2D eigenvalue weighted by Gasteiger charge is -2.09. The number of carbonyl (C=O) groups is 4. The van der Waals surface area contributed by atoms with E-state index in [9.17, 15) is 19.2 Å². The highest BCUT2D eigenvalue weighted by molar-refractivity contribution is 14.1. The number of unbranched alkanes of at least 4 members (excludes halogenated alkanes) is 4. The summed E-state index contributed by atoms with van der Waals surface area (Å²) in [6.45, 7) is 0. The van der Waals surface area contributed by atoms with E-state index in [-0.39, 0.29) is 24.7 Å². The summed E-state index contributed by atoms with van der Waals surface area (Å²) >= 11 is 4.15. The van der Waals surface area contributed by atoms with Gasteiger partial charge in [-0.1, -0.05) is 19.3 Å². The maximum Gasteiger partial charge on any atom is 0.269 e. The molecule has 0 atom stereocenters. The minimum atomic E-state index is -0.401. The molecule has 0 aromatic heterocycles. The van der Waals surface area contributed by atoms with Crippen molar-refractivity contribution in [3.8, 4) is 11.5 Å². The van der Waals surface area contributed by atoms with Gasteiger partial charge in [-0.25, -0.2) is 0 Å². The second kappa shape index (κ2) is 16.3. The number of halogens is 2. The maximum atomic E-state index is 12.2. The van der Waals surface area contributed by atoms with Crippen molar-refractivity contribution in [2.45, 2.75) is 44.9 Å². The van der Waals surface area contributed by atoms with Gasteiger partial charge in [0.1, 0.15) is 11.5 Å². The third-order valence-electron chi connectivity index (χ3n) is 5.27. The molecule has 0 aliphatic rings. The predicted molar refractivity (Wildman–Crippen MR) is 155 cm³/mol. The molecule has 0 aliphatic heterocycles. The monoisotopic (exact) mass is 736 g/mol. The third-order valence-corrected chi connectivity index (χ3v) is 6.95. The van der Waals surface area contributed by atoms with Gasteiger partial charge in [-0.2, -0.15) is 0 Å². The van der Waals surface area contributed by atoms with Crippen LogP contribution < -0.4 is 31.2 Å². The van der Waals surface area contributed by atoms with Gasteiger partial charge in [0.15, 0.2) is 0 Å². The molecular weight excluding hydrogens is 706 g/mol. The van der Waals surface area contributed by atoms with Crippen LogP contribution >= 0.6 is 45.2 Å². The standard InChI is InChI=1S/C25H30I2N4O6/c1-36-20-12-10-16(14-18(20)26)24(34)30-28-22(32)8-6-4-3-5-7-9-23(33)29-31-25(35)17-11-13-21(37-2)19(27)15-17/h10-15H,3-9H2,1-2H3,(H,28,32)(H,29,33)(H,30,34)(H,31,35). The first-order valence-corrected chi connectivity index (χ1v) is 13.8. The van der Waals surface area contributed by atoms with E-state index in [0.717, 1.165) is 26.4 Å². The molecule has 0 spiro atoms. The van der Waals surface area contributed by atoms with Gasteiger partial charge in [0.25, 0.3) is 11.8 Å². The lowest BCUT2D eigenvalue weighted by molar-refractivity contribution is -0.122. The van der Waals surface area contributed by atoms with Crippen molar-refractivity contribution in [1.29, 1.82) is 0 Å². The molecule has 2 rings (SSSR count). The number of amides is 4. The van der Waals surface area contributed by atoms with Crippen molar-refractivity contribution in [2.75, 3.05) is 14.2 Å². The van der Waals surface area contributed by atoms with Crippen molar-refractivity contribution in [3.05, 3.63) is 54.7 Å². The highest BCUT2D eigenvalue weighted by atomic mass is 127. The molecule has 0 saturated heterocycles. The van der Waals surface area contributed by atoms with Gasteiger partial charge in [0.2, 0.25) is 11.8 Å². The van der Waals surface area contributed by atoms with Crippen LogP contribution in [0.25, 0.3) is 0 Å². The number of hydrazine groups is 2. The van der Waals surface area contributed by atoms with Crippen molar-refractivity contribution in [2.24, 2.45) is 0 Å². The van der Waals surface area contributed by atoms with Crippen molar-refractivity contribution in [3.63, 3.8) is 0 Å². The lowest BCUT2D eigenvalue weighted by Crippen LogP contribution is -2.41. The van der Waals surface area contributed by atoms with Crippen molar-refractivity contribution >= 4 is 68.8 Å². The molecule has 0 bridgehead atoms. The number of rotatable bonds is 12. The molecule has 12 heteroatoms. The van der Waals surface area contributed by atoms with Crippen LogP contribution in [0, 0.1) is 7.14 Å². The third kappa shape index (κ3) is 10.7. The zero-order chi connectivity index (χ0) is 27.2. The quantitative estimate of drug-likeness (QED) is 0.149. The molecule has 0 aliphatic carbocycles. The Balaban J connectivity index is 1.52. The van der Waals surface area contributed by atoms with Crippen LogP contribution in [-0.2, 0) is 9.59 Å². The fraction of sp³-hybridized carbons (Fsp3) is 0.360. The lowest BCUT2D eigenvalue weighted by atomic mass is 10.1. The number of hydrogen-bond acceptors (Lipinski definition) is 6. The smallest absolute Gasteiger partial charge is 0.269 e. The first-order valence-electron chi connectivity index (χ1n) is 11.6. The summed E-state index contributed by atoms with van der Waals surface area (Å²) in [5, 5.41) is 0. The number of methoxy groups -OCH3 is 2. The second-order valence-electron chi connectivity index (χ2n) is 7.97. The summed E-state index contributed by atoms with van der Waals surface area (Å²) in [6.07, 6.45) is 4.44. The summed E-state index contributed by atoms with van der Waals surface area (Å²) in [4.78, 5) is 48.3. The normalized spacial score (nSPS) is 10.3. The van der Waals surface area contributed by atoms with Gasteiger partial charge in [-0.3, -0.25) is 40.9 Å². The molecule has 4 amide bonds. The van der Waals surface area contributed by atoms with Crippen LogP contribution in [0.5, 0.6) is 11.5 Å². The van der Waals surface area contributed by atoms with E-state index in [1.807, 2.05) is 0 Å². The minimum absolute atomic E-state index is 0.266. The Kier molecular flexibility index (Phi) is 13.5. The van der Waals surface area contributed by atoms with E-state index < -0.39 is 11.8 Å². The Morgan fingerprint density at radius 3 is 1.35 bits per heavy atom. The Bertz CT molecular complexity index is 1030. The van der Waals surface area contributed by atoms with Gasteiger partial charge >= 0.3 is 0 Å². The van der Waals surface area contributed by atoms with E-state index in [4.69, 9.17) is 9.47 Å². The molecule has 0 radical (unpaired) electrons. The van der Waals surface area contributed by atoms with Crippen LogP contribution in [0.15, 0.2) is 36.4 Å². The molecule has 2 aromatic carbocycles. The number of nitrogens with one attached hydrogen (secondary N) is 4. The molecule has 0 fully saturated rings. The SMILES string of the molecule is COc1ccc(C(=O)NNC(=O)CCCCCCCC(=O)NNC(=O)c2ccc(OC)c(I)c2)cc1I. The zero-order valence-electron chi connectivity index (χ0n) is 20.6. The molecule has 0 unspecified atom stereocenters. The maximum absolute atomic E-state index is 12.2. The molecule has 37 heavy (non-hydrogen) atoms.